The summed E-state index contributed by atoms with van der Waals surface area (Å²) in [6.45, 7) is 0. The Bertz CT molecular complexity index is 1300. The minimum atomic E-state index is -3.74. The zero-order valence-electron chi connectivity index (χ0n) is 15.1. The van der Waals surface area contributed by atoms with Crippen molar-refractivity contribution in [1.82, 2.24) is 9.55 Å². The second kappa shape index (κ2) is 7.51. The highest BCUT2D eigenvalue weighted by Gasteiger charge is 2.17. The second-order valence-electron chi connectivity index (χ2n) is 6.18. The molecular weight excluding hydrogens is 432 g/mol. The number of hydrogen-bond acceptors (Lipinski definition) is 5. The molecule has 0 aliphatic rings. The number of aryl methyl sites for hydroxylation is 1. The molecule has 10 heteroatoms. The number of carbonyl (C=O) groups excluding carboxylic acids is 1. The largest absolute Gasteiger partial charge is 0.340 e. The number of nitrogens with zero attached hydrogens (tertiary/aromatic N) is 2. The van der Waals surface area contributed by atoms with E-state index in [2.05, 4.69) is 15.0 Å². The van der Waals surface area contributed by atoms with E-state index in [1.54, 1.807) is 29.1 Å². The summed E-state index contributed by atoms with van der Waals surface area (Å²) in [6, 6.07) is 13.1. The SMILES string of the molecule is Cn1c(C(=O)Nc2ccc(S(=O)(=O)Nc3nccs3)cc2)cc2c(Cl)cccc21. The number of halogens is 1. The van der Waals surface area contributed by atoms with E-state index < -0.39 is 10.0 Å². The number of nitrogens with one attached hydrogen (secondary N) is 2. The van der Waals surface area contributed by atoms with Crippen LogP contribution in [0.3, 0.4) is 0 Å². The number of carbonyl (C=O) groups is 1. The summed E-state index contributed by atoms with van der Waals surface area (Å²) in [6.07, 6.45) is 1.52. The van der Waals surface area contributed by atoms with Gasteiger partial charge in [0.2, 0.25) is 0 Å². The number of thiazole rings is 1. The van der Waals surface area contributed by atoms with Crippen molar-refractivity contribution in [3.05, 3.63) is 70.8 Å². The minimum absolute atomic E-state index is 0.0714. The first-order valence-corrected chi connectivity index (χ1v) is 11.2. The van der Waals surface area contributed by atoms with E-state index in [4.69, 9.17) is 11.6 Å². The van der Waals surface area contributed by atoms with Crippen LogP contribution in [0.1, 0.15) is 10.5 Å². The molecule has 148 valence electrons. The van der Waals surface area contributed by atoms with Crippen molar-refractivity contribution in [1.29, 1.82) is 0 Å². The molecular formula is C19H15ClN4O3S2. The summed E-state index contributed by atoms with van der Waals surface area (Å²) < 4.78 is 28.9. The van der Waals surface area contributed by atoms with E-state index in [-0.39, 0.29) is 15.9 Å². The van der Waals surface area contributed by atoms with Crippen molar-refractivity contribution in [3.63, 3.8) is 0 Å². The molecule has 0 aliphatic heterocycles. The maximum absolute atomic E-state index is 12.7. The van der Waals surface area contributed by atoms with Crippen molar-refractivity contribution in [2.24, 2.45) is 7.05 Å². The van der Waals surface area contributed by atoms with Crippen LogP contribution in [0, 0.1) is 0 Å². The van der Waals surface area contributed by atoms with E-state index in [0.717, 1.165) is 10.9 Å². The van der Waals surface area contributed by atoms with E-state index in [1.165, 1.54) is 41.8 Å². The van der Waals surface area contributed by atoms with Crippen LogP contribution in [0.5, 0.6) is 0 Å². The molecule has 0 saturated carbocycles. The Hall–Kier alpha value is -2.88. The maximum atomic E-state index is 12.7. The highest BCUT2D eigenvalue weighted by molar-refractivity contribution is 7.93. The highest BCUT2D eigenvalue weighted by atomic mass is 35.5. The Morgan fingerprint density at radius 2 is 1.93 bits per heavy atom. The third-order valence-electron chi connectivity index (χ3n) is 4.34. The zero-order valence-corrected chi connectivity index (χ0v) is 17.5. The van der Waals surface area contributed by atoms with Crippen LogP contribution in [0.2, 0.25) is 5.02 Å². The first-order chi connectivity index (χ1) is 13.8. The standard InChI is InChI=1S/C19H15ClN4O3S2/c1-24-16-4-2-3-15(20)14(16)11-17(24)18(25)22-12-5-7-13(8-6-12)29(26,27)23-19-21-9-10-28-19/h2-11H,1H3,(H,21,23)(H,22,25). The van der Waals surface area contributed by atoms with Gasteiger partial charge >= 0.3 is 0 Å². The van der Waals surface area contributed by atoms with Gasteiger partial charge < -0.3 is 9.88 Å². The van der Waals surface area contributed by atoms with Crippen molar-refractivity contribution < 1.29 is 13.2 Å². The van der Waals surface area contributed by atoms with Gasteiger partial charge in [0.15, 0.2) is 5.13 Å². The predicted molar refractivity (Wildman–Crippen MR) is 115 cm³/mol. The van der Waals surface area contributed by atoms with Gasteiger partial charge in [-0.15, -0.1) is 11.3 Å². The number of hydrogen-bond donors (Lipinski definition) is 2. The Morgan fingerprint density at radius 3 is 2.59 bits per heavy atom. The number of aromatic nitrogens is 2. The summed E-state index contributed by atoms with van der Waals surface area (Å²) in [5.74, 6) is -0.323. The lowest BCUT2D eigenvalue weighted by Gasteiger charge is -2.08. The van der Waals surface area contributed by atoms with Crippen LogP contribution in [0.25, 0.3) is 10.9 Å². The lowest BCUT2D eigenvalue weighted by molar-refractivity contribution is 0.101. The molecule has 0 radical (unpaired) electrons. The fourth-order valence-corrected chi connectivity index (χ4v) is 4.92. The first kappa shape index (κ1) is 19.4. The van der Waals surface area contributed by atoms with Gasteiger partial charge in [-0.1, -0.05) is 17.7 Å². The van der Waals surface area contributed by atoms with Gasteiger partial charge in [-0.3, -0.25) is 9.52 Å². The molecule has 2 heterocycles. The third-order valence-corrected chi connectivity index (χ3v) is 6.84. The average molecular weight is 447 g/mol. The number of amides is 1. The molecule has 2 aromatic carbocycles. The zero-order chi connectivity index (χ0) is 20.6. The number of fused-ring (bicyclic) bond motifs is 1. The van der Waals surface area contributed by atoms with E-state index >= 15 is 0 Å². The smallest absolute Gasteiger partial charge is 0.272 e. The predicted octanol–water partition coefficient (Wildman–Crippen LogP) is 4.34. The summed E-state index contributed by atoms with van der Waals surface area (Å²) >= 11 is 7.39. The van der Waals surface area contributed by atoms with E-state index in [9.17, 15) is 13.2 Å². The van der Waals surface area contributed by atoms with E-state index in [1.807, 2.05) is 12.1 Å². The Labute approximate surface area is 176 Å². The van der Waals surface area contributed by atoms with Crippen molar-refractivity contribution >= 4 is 60.6 Å². The molecule has 4 rings (SSSR count). The maximum Gasteiger partial charge on any atom is 0.272 e. The second-order valence-corrected chi connectivity index (χ2v) is 9.17. The summed E-state index contributed by atoms with van der Waals surface area (Å²) in [5, 5.41) is 6.10. The molecule has 2 N–H and O–H groups in total. The quantitative estimate of drug-likeness (QED) is 0.476. The fourth-order valence-electron chi connectivity index (χ4n) is 2.90. The number of sulfonamides is 1. The van der Waals surface area contributed by atoms with Crippen LogP contribution in [-0.2, 0) is 17.1 Å². The fraction of sp³-hybridized carbons (Fsp3) is 0.0526. The molecule has 0 bridgehead atoms. The van der Waals surface area contributed by atoms with Crippen LogP contribution in [-0.4, -0.2) is 23.9 Å². The Morgan fingerprint density at radius 1 is 1.17 bits per heavy atom. The number of benzene rings is 2. The van der Waals surface area contributed by atoms with Gasteiger partial charge in [0, 0.05) is 40.2 Å². The molecule has 0 fully saturated rings. The molecule has 0 saturated heterocycles. The van der Waals surface area contributed by atoms with Gasteiger partial charge in [-0.05, 0) is 42.5 Å². The number of rotatable bonds is 5. The molecule has 2 aromatic heterocycles. The molecule has 29 heavy (non-hydrogen) atoms. The normalized spacial score (nSPS) is 11.5. The van der Waals surface area contributed by atoms with Gasteiger partial charge in [0.05, 0.1) is 4.90 Å². The summed E-state index contributed by atoms with van der Waals surface area (Å²) in [7, 11) is -1.96. The van der Waals surface area contributed by atoms with Crippen LogP contribution < -0.4 is 10.0 Å². The first-order valence-electron chi connectivity index (χ1n) is 8.43. The van der Waals surface area contributed by atoms with Crippen molar-refractivity contribution in [2.45, 2.75) is 4.90 Å². The lowest BCUT2D eigenvalue weighted by Crippen LogP contribution is -2.16. The molecule has 0 aliphatic carbocycles. The van der Waals surface area contributed by atoms with Gasteiger partial charge in [-0.25, -0.2) is 13.4 Å². The highest BCUT2D eigenvalue weighted by Crippen LogP contribution is 2.27. The average Bonchev–Trinajstić information content (AvgIpc) is 3.31. The minimum Gasteiger partial charge on any atom is -0.340 e. The molecule has 1 amide bonds. The van der Waals surface area contributed by atoms with Gasteiger partial charge in [-0.2, -0.15) is 0 Å². The topological polar surface area (TPSA) is 93.1 Å². The Balaban J connectivity index is 1.54. The van der Waals surface area contributed by atoms with Crippen LogP contribution >= 0.6 is 22.9 Å². The third kappa shape index (κ3) is 3.84. The molecule has 0 atom stereocenters. The van der Waals surface area contributed by atoms with Crippen molar-refractivity contribution in [2.75, 3.05) is 10.0 Å². The monoisotopic (exact) mass is 446 g/mol. The van der Waals surface area contributed by atoms with E-state index in [0.29, 0.717) is 16.4 Å². The molecule has 0 spiro atoms. The van der Waals surface area contributed by atoms with Gasteiger partial charge in [0.25, 0.3) is 15.9 Å². The molecule has 0 unspecified atom stereocenters. The lowest BCUT2D eigenvalue weighted by atomic mass is 10.2. The van der Waals surface area contributed by atoms with Crippen LogP contribution in [0.15, 0.2) is 65.0 Å². The number of anilines is 2. The molecule has 4 aromatic rings. The van der Waals surface area contributed by atoms with Gasteiger partial charge in [0.1, 0.15) is 5.69 Å². The molecule has 7 nitrogen and oxygen atoms in total. The van der Waals surface area contributed by atoms with Crippen molar-refractivity contribution in [3.8, 4) is 0 Å². The Kier molecular flexibility index (Phi) is 5.03. The summed E-state index contributed by atoms with van der Waals surface area (Å²) in [5.41, 5.74) is 1.76. The summed E-state index contributed by atoms with van der Waals surface area (Å²) in [4.78, 5) is 16.7. The van der Waals surface area contributed by atoms with Crippen LogP contribution in [0.4, 0.5) is 10.8 Å².